The Morgan fingerprint density at radius 2 is 1.70 bits per heavy atom. The summed E-state index contributed by atoms with van der Waals surface area (Å²) in [4.78, 5) is 13.9. The quantitative estimate of drug-likeness (QED) is 0.365. The van der Waals surface area contributed by atoms with E-state index in [0.29, 0.717) is 23.2 Å². The van der Waals surface area contributed by atoms with Crippen molar-refractivity contribution in [3.63, 3.8) is 0 Å². The number of aromatic carboxylic acids is 1. The number of anilines is 2. The SMILES string of the molecule is CCN(c1ccccc1)c1cc(Cl)c(-c2cc(C(=O)O)cc(C(F)(F)F)c2)cc1S(C)(C)O. The molecular weight excluding hydrogens is 475 g/mol. The highest BCUT2D eigenvalue weighted by atomic mass is 35.5. The largest absolute Gasteiger partial charge is 0.478 e. The number of carboxylic acids is 1. The highest BCUT2D eigenvalue weighted by Crippen LogP contribution is 2.53. The number of hydrogen-bond acceptors (Lipinski definition) is 3. The Morgan fingerprint density at radius 1 is 1.06 bits per heavy atom. The minimum atomic E-state index is -4.73. The van der Waals surface area contributed by atoms with Gasteiger partial charge in [0.05, 0.1) is 21.8 Å². The fourth-order valence-corrected chi connectivity index (χ4v) is 4.90. The highest BCUT2D eigenvalue weighted by molar-refractivity contribution is 8.28. The first kappa shape index (κ1) is 25.0. The van der Waals surface area contributed by atoms with Crippen molar-refractivity contribution in [1.29, 1.82) is 0 Å². The van der Waals surface area contributed by atoms with Crippen LogP contribution in [0, 0.1) is 0 Å². The van der Waals surface area contributed by atoms with Crippen LogP contribution < -0.4 is 4.90 Å². The fraction of sp³-hybridized carbons (Fsp3) is 0.208. The molecule has 0 aromatic heterocycles. The van der Waals surface area contributed by atoms with Crippen molar-refractivity contribution in [2.45, 2.75) is 18.0 Å². The number of para-hydroxylation sites is 1. The van der Waals surface area contributed by atoms with Crippen LogP contribution in [0.25, 0.3) is 11.1 Å². The third-order valence-corrected chi connectivity index (χ3v) is 6.80. The zero-order valence-corrected chi connectivity index (χ0v) is 19.7. The van der Waals surface area contributed by atoms with Crippen LogP contribution in [0.15, 0.2) is 65.6 Å². The molecule has 3 aromatic rings. The van der Waals surface area contributed by atoms with Crippen molar-refractivity contribution in [2.75, 3.05) is 24.0 Å². The molecule has 0 amide bonds. The molecule has 2 N–H and O–H groups in total. The summed E-state index contributed by atoms with van der Waals surface area (Å²) in [7, 11) is -2.35. The van der Waals surface area contributed by atoms with Crippen LogP contribution in [-0.4, -0.2) is 34.7 Å². The third-order valence-electron chi connectivity index (χ3n) is 5.08. The van der Waals surface area contributed by atoms with Crippen molar-refractivity contribution < 1.29 is 27.6 Å². The van der Waals surface area contributed by atoms with E-state index < -0.39 is 33.6 Å². The summed E-state index contributed by atoms with van der Waals surface area (Å²) in [6.07, 6.45) is -1.43. The van der Waals surface area contributed by atoms with Gasteiger partial charge in [0, 0.05) is 22.7 Å². The Hall–Kier alpha value is -2.68. The van der Waals surface area contributed by atoms with Crippen molar-refractivity contribution in [3.8, 4) is 11.1 Å². The van der Waals surface area contributed by atoms with Gasteiger partial charge in [0.1, 0.15) is 0 Å². The number of carboxylic acid groups (broad SMARTS) is 1. The molecule has 0 aliphatic carbocycles. The number of alkyl halides is 3. The number of hydrogen-bond donors (Lipinski definition) is 2. The van der Waals surface area contributed by atoms with Crippen LogP contribution in [0.5, 0.6) is 0 Å². The maximum absolute atomic E-state index is 13.4. The predicted molar refractivity (Wildman–Crippen MR) is 128 cm³/mol. The fourth-order valence-electron chi connectivity index (χ4n) is 3.55. The lowest BCUT2D eigenvalue weighted by atomic mass is 9.98. The van der Waals surface area contributed by atoms with Crippen LogP contribution in [0.2, 0.25) is 5.02 Å². The molecule has 0 bridgehead atoms. The van der Waals surface area contributed by atoms with Gasteiger partial charge in [-0.3, -0.25) is 0 Å². The van der Waals surface area contributed by atoms with Crippen LogP contribution in [0.1, 0.15) is 22.8 Å². The predicted octanol–water partition coefficient (Wildman–Crippen LogP) is 7.78. The van der Waals surface area contributed by atoms with Gasteiger partial charge in [-0.2, -0.15) is 13.2 Å². The Bertz CT molecular complexity index is 1180. The van der Waals surface area contributed by atoms with Gasteiger partial charge in [-0.15, -0.1) is 10.3 Å². The highest BCUT2D eigenvalue weighted by Gasteiger charge is 2.32. The Labute approximate surface area is 196 Å². The lowest BCUT2D eigenvalue weighted by Crippen LogP contribution is -2.18. The molecule has 0 spiro atoms. The lowest BCUT2D eigenvalue weighted by molar-refractivity contribution is -0.137. The van der Waals surface area contributed by atoms with E-state index in [1.54, 1.807) is 24.6 Å². The molecule has 4 nitrogen and oxygen atoms in total. The molecule has 0 aliphatic heterocycles. The standard InChI is InChI=1S/C24H23ClF3NO3S/c1-4-29(18-8-6-5-7-9-18)21-14-20(25)19(13-22(21)33(2,3)32)15-10-16(23(30)31)12-17(11-15)24(26,27)28/h5-14,32H,4H2,1-3H3,(H,30,31). The summed E-state index contributed by atoms with van der Waals surface area (Å²) in [6, 6.07) is 15.2. The van der Waals surface area contributed by atoms with Gasteiger partial charge in [0.25, 0.3) is 0 Å². The van der Waals surface area contributed by atoms with E-state index in [1.807, 2.05) is 42.2 Å². The van der Waals surface area contributed by atoms with Gasteiger partial charge in [0.2, 0.25) is 0 Å². The molecule has 9 heteroatoms. The minimum Gasteiger partial charge on any atom is -0.478 e. The molecule has 3 rings (SSSR count). The minimum absolute atomic E-state index is 0.00596. The first-order valence-corrected chi connectivity index (χ1v) is 12.7. The average molecular weight is 498 g/mol. The second kappa shape index (κ2) is 9.29. The summed E-state index contributed by atoms with van der Waals surface area (Å²) < 4.78 is 51.3. The molecule has 0 aliphatic rings. The number of carbonyl (C=O) groups is 1. The van der Waals surface area contributed by atoms with Gasteiger partial charge in [-0.1, -0.05) is 29.8 Å². The Morgan fingerprint density at radius 3 is 2.21 bits per heavy atom. The molecule has 3 aromatic carbocycles. The molecule has 0 atom stereocenters. The molecule has 0 saturated heterocycles. The summed E-state index contributed by atoms with van der Waals surface area (Å²) in [5.74, 6) is -1.48. The molecule has 0 heterocycles. The second-order valence-corrected chi connectivity index (χ2v) is 11.1. The number of benzene rings is 3. The average Bonchev–Trinajstić information content (AvgIpc) is 2.73. The second-order valence-electron chi connectivity index (χ2n) is 7.75. The maximum Gasteiger partial charge on any atom is 0.416 e. The first-order chi connectivity index (χ1) is 15.3. The monoisotopic (exact) mass is 497 g/mol. The number of halogens is 4. The summed E-state index contributed by atoms with van der Waals surface area (Å²) >= 11 is 6.55. The molecule has 0 fully saturated rings. The van der Waals surface area contributed by atoms with Gasteiger partial charge in [-0.25, -0.2) is 4.79 Å². The first-order valence-electron chi connectivity index (χ1n) is 9.90. The zero-order valence-electron chi connectivity index (χ0n) is 18.2. The Balaban J connectivity index is 2.28. The van der Waals surface area contributed by atoms with E-state index in [-0.39, 0.29) is 16.1 Å². The lowest BCUT2D eigenvalue weighted by Gasteiger charge is -2.33. The van der Waals surface area contributed by atoms with Crippen molar-refractivity contribution in [3.05, 3.63) is 76.8 Å². The molecular formula is C24H23ClF3NO3S. The van der Waals surface area contributed by atoms with E-state index >= 15 is 0 Å². The third kappa shape index (κ3) is 5.46. The number of rotatable bonds is 6. The topological polar surface area (TPSA) is 60.8 Å². The molecule has 0 radical (unpaired) electrons. The smallest absolute Gasteiger partial charge is 0.416 e. The van der Waals surface area contributed by atoms with Crippen molar-refractivity contribution in [2.24, 2.45) is 0 Å². The molecule has 0 saturated carbocycles. The summed E-state index contributed by atoms with van der Waals surface area (Å²) in [5, 5.41) is 9.47. The zero-order chi connectivity index (χ0) is 24.6. The molecule has 0 unspecified atom stereocenters. The van der Waals surface area contributed by atoms with Gasteiger partial charge in [-0.05, 0) is 67.5 Å². The van der Waals surface area contributed by atoms with Crippen LogP contribution in [0.3, 0.4) is 0 Å². The van der Waals surface area contributed by atoms with E-state index in [0.717, 1.165) is 17.8 Å². The van der Waals surface area contributed by atoms with Crippen LogP contribution >= 0.6 is 21.9 Å². The summed E-state index contributed by atoms with van der Waals surface area (Å²) in [5.41, 5.74) is 0.117. The van der Waals surface area contributed by atoms with E-state index in [4.69, 9.17) is 11.6 Å². The summed E-state index contributed by atoms with van der Waals surface area (Å²) in [6.45, 7) is 2.49. The Kier molecular flexibility index (Phi) is 7.02. The van der Waals surface area contributed by atoms with Gasteiger partial charge in [0.15, 0.2) is 0 Å². The van der Waals surface area contributed by atoms with Crippen molar-refractivity contribution in [1.82, 2.24) is 0 Å². The van der Waals surface area contributed by atoms with E-state index in [1.165, 1.54) is 0 Å². The normalized spacial score (nSPS) is 12.5. The molecule has 33 heavy (non-hydrogen) atoms. The van der Waals surface area contributed by atoms with E-state index in [2.05, 4.69) is 0 Å². The van der Waals surface area contributed by atoms with E-state index in [9.17, 15) is 27.6 Å². The van der Waals surface area contributed by atoms with Gasteiger partial charge >= 0.3 is 12.1 Å². The van der Waals surface area contributed by atoms with Crippen molar-refractivity contribution >= 4 is 39.3 Å². The molecule has 176 valence electrons. The van der Waals surface area contributed by atoms with Gasteiger partial charge < -0.3 is 14.6 Å². The maximum atomic E-state index is 13.4. The van der Waals surface area contributed by atoms with Crippen LogP contribution in [-0.2, 0) is 6.18 Å². The number of nitrogens with zero attached hydrogens (tertiary/aromatic N) is 1. The van der Waals surface area contributed by atoms with Crippen LogP contribution in [0.4, 0.5) is 24.5 Å².